The fraction of sp³-hybridized carbons (Fsp3) is 0.143. The molecule has 0 spiro atoms. The first-order chi connectivity index (χ1) is 27.0. The van der Waals surface area contributed by atoms with Gasteiger partial charge in [0.1, 0.15) is 47.1 Å². The summed E-state index contributed by atoms with van der Waals surface area (Å²) in [6.45, 7) is 3.74. The lowest BCUT2D eigenvalue weighted by Crippen LogP contribution is -2.36. The summed E-state index contributed by atoms with van der Waals surface area (Å²) in [5.41, 5.74) is 1.79. The molecule has 6 aromatic rings. The highest BCUT2D eigenvalue weighted by Gasteiger charge is 2.38. The molecule has 0 aliphatic carbocycles. The number of fused-ring (bicyclic) bond motifs is 2. The van der Waals surface area contributed by atoms with Crippen molar-refractivity contribution in [1.82, 2.24) is 9.97 Å². The molecule has 3 atom stereocenters. The Bertz CT molecular complexity index is 2430. The topological polar surface area (TPSA) is 183 Å². The number of ether oxygens (including phenoxy) is 4. The summed E-state index contributed by atoms with van der Waals surface area (Å²) >= 11 is 0. The maximum Gasteiger partial charge on any atom is 0.287 e. The van der Waals surface area contributed by atoms with Gasteiger partial charge in [0.25, 0.3) is 11.4 Å². The molecule has 4 aromatic carbocycles. The van der Waals surface area contributed by atoms with E-state index in [1.165, 1.54) is 24.3 Å². The fourth-order valence-electron chi connectivity index (χ4n) is 6.32. The van der Waals surface area contributed by atoms with Crippen molar-refractivity contribution in [3.63, 3.8) is 0 Å². The zero-order valence-electron chi connectivity index (χ0n) is 29.9. The Labute approximate surface area is 319 Å². The van der Waals surface area contributed by atoms with Crippen LogP contribution >= 0.6 is 0 Å². The Morgan fingerprint density at radius 3 is 1.77 bits per heavy atom. The van der Waals surface area contributed by atoms with E-state index in [9.17, 15) is 29.8 Å². The molecule has 0 bridgehead atoms. The third kappa shape index (κ3) is 7.89. The van der Waals surface area contributed by atoms with Crippen molar-refractivity contribution in [1.29, 1.82) is 0 Å². The summed E-state index contributed by atoms with van der Waals surface area (Å²) in [6.07, 6.45) is 2.11. The molecule has 280 valence electrons. The number of ketones is 2. The number of carbonyl (C=O) groups is 2. The zero-order valence-corrected chi connectivity index (χ0v) is 29.9. The van der Waals surface area contributed by atoms with Gasteiger partial charge in [-0.2, -0.15) is 0 Å². The molecule has 14 heteroatoms. The number of pyridine rings is 2. The number of Topliss-reactive ketones (excluding diaryl/α,β-unsaturated/α-hetero) is 2. The molecule has 0 N–H and O–H groups in total. The van der Waals surface area contributed by atoms with Crippen molar-refractivity contribution in [3.8, 4) is 34.8 Å². The molecular weight excluding hydrogens is 720 g/mol. The Hall–Kier alpha value is -7.48. The van der Waals surface area contributed by atoms with Crippen LogP contribution in [0.2, 0.25) is 0 Å². The first-order valence-corrected chi connectivity index (χ1v) is 17.4. The maximum atomic E-state index is 12.9. The van der Waals surface area contributed by atoms with Crippen LogP contribution in [0.15, 0.2) is 134 Å². The Kier molecular flexibility index (Phi) is 10.2. The molecule has 4 heterocycles. The van der Waals surface area contributed by atoms with Gasteiger partial charge in [-0.3, -0.25) is 29.8 Å². The molecule has 0 fully saturated rings. The van der Waals surface area contributed by atoms with E-state index in [2.05, 4.69) is 9.97 Å². The molecule has 0 radical (unpaired) electrons. The first kappa shape index (κ1) is 36.9. The van der Waals surface area contributed by atoms with Gasteiger partial charge >= 0.3 is 0 Å². The zero-order chi connectivity index (χ0) is 39.4. The van der Waals surface area contributed by atoms with E-state index in [-0.39, 0.29) is 53.1 Å². The van der Waals surface area contributed by atoms with Crippen LogP contribution in [0.25, 0.3) is 0 Å². The number of benzene rings is 4. The van der Waals surface area contributed by atoms with E-state index >= 15 is 0 Å². The predicted molar refractivity (Wildman–Crippen MR) is 201 cm³/mol. The van der Waals surface area contributed by atoms with Gasteiger partial charge in [-0.15, -0.1) is 0 Å². The molecule has 2 aromatic heterocycles. The average Bonchev–Trinajstić information content (AvgIpc) is 3.21. The summed E-state index contributed by atoms with van der Waals surface area (Å²) in [5, 5.41) is 21.4. The van der Waals surface area contributed by atoms with Crippen LogP contribution in [0.3, 0.4) is 0 Å². The van der Waals surface area contributed by atoms with Gasteiger partial charge in [0.15, 0.2) is 11.6 Å². The second-order valence-electron chi connectivity index (χ2n) is 13.1. The van der Waals surface area contributed by atoms with Crippen LogP contribution in [0, 0.1) is 26.1 Å². The average molecular weight is 753 g/mol. The lowest BCUT2D eigenvalue weighted by molar-refractivity contribution is -0.385. The van der Waals surface area contributed by atoms with Gasteiger partial charge in [-0.1, -0.05) is 67.6 Å². The van der Waals surface area contributed by atoms with Crippen LogP contribution in [-0.2, 0) is 5.60 Å². The maximum absolute atomic E-state index is 12.9. The number of nitro groups is 2. The predicted octanol–water partition coefficient (Wildman–Crippen LogP) is 9.40. The van der Waals surface area contributed by atoms with Crippen molar-refractivity contribution in [3.05, 3.63) is 176 Å². The van der Waals surface area contributed by atoms with E-state index in [4.69, 9.17) is 18.9 Å². The first-order valence-electron chi connectivity index (χ1n) is 17.4. The van der Waals surface area contributed by atoms with Gasteiger partial charge in [-0.05, 0) is 54.4 Å². The normalized spacial score (nSPS) is 18.1. The molecule has 2 aliphatic heterocycles. The van der Waals surface area contributed by atoms with Crippen LogP contribution in [0.1, 0.15) is 58.2 Å². The van der Waals surface area contributed by atoms with E-state index in [1.807, 2.05) is 74.5 Å². The summed E-state index contributed by atoms with van der Waals surface area (Å²) in [7, 11) is 0. The van der Waals surface area contributed by atoms with Gasteiger partial charge in [-0.25, -0.2) is 9.97 Å². The molecule has 0 saturated carbocycles. The van der Waals surface area contributed by atoms with Gasteiger partial charge in [0, 0.05) is 24.3 Å². The number of nitrogens with zero attached hydrogens (tertiary/aromatic N) is 4. The van der Waals surface area contributed by atoms with E-state index in [0.717, 1.165) is 23.5 Å². The quantitative estimate of drug-likeness (QED) is 0.106. The number of hydrogen-bond acceptors (Lipinski definition) is 12. The Balaban J connectivity index is 0.000000172. The second-order valence-corrected chi connectivity index (χ2v) is 13.1. The molecule has 0 saturated heterocycles. The Morgan fingerprint density at radius 2 is 1.23 bits per heavy atom. The number of carbonyl (C=O) groups excluding carboxylic acids is 2. The molecule has 0 amide bonds. The summed E-state index contributed by atoms with van der Waals surface area (Å²) in [5.74, 6) is 1.78. The highest BCUT2D eigenvalue weighted by molar-refractivity contribution is 6.02. The standard InChI is InChI=1S/2C21H16N2O5/c1-21(14-5-3-2-4-6-14)12-18(24)17-11-16(8-9-19(17)28-21)27-20-10-7-15(13-22-20)23(25)26;1-13-20(24)17-11-16(27-19-10-7-15(12-22-19)23(25)26)8-9-18(17)28-21(13)14-5-3-2-4-6-14/h2-11,13H,12H2,1H3;2-13,21H,1H3. The van der Waals surface area contributed by atoms with E-state index in [1.54, 1.807) is 36.4 Å². The van der Waals surface area contributed by atoms with Crippen LogP contribution in [0.4, 0.5) is 11.4 Å². The molecular formula is C42H32N4O10. The molecule has 2 aliphatic rings. The van der Waals surface area contributed by atoms with Gasteiger partial charge < -0.3 is 18.9 Å². The van der Waals surface area contributed by atoms with E-state index < -0.39 is 15.4 Å². The number of rotatable bonds is 8. The van der Waals surface area contributed by atoms with Crippen molar-refractivity contribution in [2.75, 3.05) is 0 Å². The number of aromatic nitrogens is 2. The lowest BCUT2D eigenvalue weighted by atomic mass is 9.85. The largest absolute Gasteiger partial charge is 0.484 e. The lowest BCUT2D eigenvalue weighted by Gasteiger charge is -2.35. The fourth-order valence-corrected chi connectivity index (χ4v) is 6.32. The van der Waals surface area contributed by atoms with Crippen molar-refractivity contribution in [2.45, 2.75) is 32.0 Å². The van der Waals surface area contributed by atoms with Crippen molar-refractivity contribution < 1.29 is 38.4 Å². The van der Waals surface area contributed by atoms with Crippen LogP contribution < -0.4 is 18.9 Å². The molecule has 8 rings (SSSR count). The van der Waals surface area contributed by atoms with Crippen LogP contribution in [0.5, 0.6) is 34.8 Å². The third-order valence-corrected chi connectivity index (χ3v) is 9.24. The summed E-state index contributed by atoms with van der Waals surface area (Å²) in [4.78, 5) is 53.8. The van der Waals surface area contributed by atoms with Crippen molar-refractivity contribution >= 4 is 22.9 Å². The van der Waals surface area contributed by atoms with Gasteiger partial charge in [0.2, 0.25) is 11.8 Å². The third-order valence-electron chi connectivity index (χ3n) is 9.24. The minimum atomic E-state index is -0.729. The SMILES string of the molecule is CC1(c2ccccc2)CC(=O)c2cc(Oc3ccc([N+](=O)[O-])cn3)ccc2O1.CC1C(=O)c2cc(Oc3ccc([N+](=O)[O-])cn3)ccc2OC1c1ccccc1. The van der Waals surface area contributed by atoms with Crippen LogP contribution in [-0.4, -0.2) is 31.4 Å². The molecule has 56 heavy (non-hydrogen) atoms. The summed E-state index contributed by atoms with van der Waals surface area (Å²) < 4.78 is 23.5. The molecule has 14 nitrogen and oxygen atoms in total. The second kappa shape index (κ2) is 15.5. The summed E-state index contributed by atoms with van der Waals surface area (Å²) in [6, 6.07) is 34.6. The Morgan fingerprint density at radius 1 is 0.696 bits per heavy atom. The number of hydrogen-bond donors (Lipinski definition) is 0. The smallest absolute Gasteiger partial charge is 0.287 e. The van der Waals surface area contributed by atoms with Crippen molar-refractivity contribution in [2.24, 2.45) is 5.92 Å². The molecule has 3 unspecified atom stereocenters. The monoisotopic (exact) mass is 752 g/mol. The highest BCUT2D eigenvalue weighted by Crippen LogP contribution is 2.42. The minimum absolute atomic E-state index is 0.0304. The van der Waals surface area contributed by atoms with E-state index in [0.29, 0.717) is 34.1 Å². The highest BCUT2D eigenvalue weighted by atomic mass is 16.6. The van der Waals surface area contributed by atoms with Gasteiger partial charge in [0.05, 0.1) is 33.3 Å². The minimum Gasteiger partial charge on any atom is -0.484 e.